The molecule has 1 heterocycles. The van der Waals surface area contributed by atoms with E-state index in [1.807, 2.05) is 72.8 Å². The van der Waals surface area contributed by atoms with E-state index in [4.69, 9.17) is 13.9 Å². The van der Waals surface area contributed by atoms with Crippen LogP contribution in [0.2, 0.25) is 5.04 Å². The smallest absolute Gasteiger partial charge is 0.338 e. The van der Waals surface area contributed by atoms with Crippen LogP contribution in [0.25, 0.3) is 12.2 Å². The summed E-state index contributed by atoms with van der Waals surface area (Å²) in [6.45, 7) is 11.4. The van der Waals surface area contributed by atoms with Gasteiger partial charge in [-0.25, -0.2) is 9.78 Å². The summed E-state index contributed by atoms with van der Waals surface area (Å²) >= 11 is 1.60. The highest BCUT2D eigenvalue weighted by Crippen LogP contribution is 2.36. The molecule has 1 aromatic heterocycles. The van der Waals surface area contributed by atoms with E-state index in [2.05, 4.69) is 74.6 Å². The van der Waals surface area contributed by atoms with Gasteiger partial charge in [-0.1, -0.05) is 113 Å². The van der Waals surface area contributed by atoms with E-state index in [0.29, 0.717) is 24.0 Å². The molecule has 0 unspecified atom stereocenters. The number of carbonyl (C=O) groups excluding carboxylic acids is 2. The minimum absolute atomic E-state index is 0.184. The van der Waals surface area contributed by atoms with Gasteiger partial charge in [-0.05, 0) is 63.3 Å². The normalized spacial score (nSPS) is 11.9. The number of amides is 1. The van der Waals surface area contributed by atoms with Crippen LogP contribution in [0.1, 0.15) is 77.5 Å². The molecule has 0 radical (unpaired) electrons. The van der Waals surface area contributed by atoms with Gasteiger partial charge in [-0.3, -0.25) is 4.79 Å². The minimum atomic E-state index is -2.75. The van der Waals surface area contributed by atoms with Crippen LogP contribution in [-0.4, -0.2) is 45.5 Å². The van der Waals surface area contributed by atoms with Crippen molar-refractivity contribution in [3.8, 4) is 5.75 Å². The van der Waals surface area contributed by atoms with Crippen molar-refractivity contribution >= 4 is 59.7 Å². The van der Waals surface area contributed by atoms with Gasteiger partial charge >= 0.3 is 5.97 Å². The van der Waals surface area contributed by atoms with E-state index in [0.717, 1.165) is 16.3 Å². The first kappa shape index (κ1) is 36.4. The lowest BCUT2D eigenvalue weighted by atomic mass is 10.1. The summed E-state index contributed by atoms with van der Waals surface area (Å²) < 4.78 is 18.1. The zero-order valence-corrected chi connectivity index (χ0v) is 31.3. The van der Waals surface area contributed by atoms with Crippen molar-refractivity contribution in [2.75, 3.05) is 25.6 Å². The number of ether oxygens (including phenoxy) is 2. The number of hydrogen-bond acceptors (Lipinski definition) is 7. The molecule has 0 spiro atoms. The second kappa shape index (κ2) is 16.2. The number of methoxy groups -OCH3 is 1. The minimum Gasteiger partial charge on any atom is -0.491 e. The monoisotopic (exact) mass is 704 g/mol. The van der Waals surface area contributed by atoms with Gasteiger partial charge in [0.1, 0.15) is 17.4 Å². The summed E-state index contributed by atoms with van der Waals surface area (Å²) in [4.78, 5) is 30.8. The van der Waals surface area contributed by atoms with Crippen molar-refractivity contribution in [3.05, 3.63) is 136 Å². The molecule has 1 amide bonds. The van der Waals surface area contributed by atoms with E-state index >= 15 is 0 Å². The van der Waals surface area contributed by atoms with Crippen molar-refractivity contribution < 1.29 is 23.5 Å². The van der Waals surface area contributed by atoms with E-state index < -0.39 is 14.3 Å². The number of hydrogen-bond donors (Lipinski definition) is 1. The molecule has 50 heavy (non-hydrogen) atoms. The fraction of sp³-hybridized carbons (Fsp3) is 0.244. The quantitative estimate of drug-likeness (QED) is 0.0753. The maximum absolute atomic E-state index is 13.5. The molecule has 4 aromatic carbocycles. The fourth-order valence-corrected chi connectivity index (χ4v) is 11.3. The van der Waals surface area contributed by atoms with E-state index in [-0.39, 0.29) is 28.7 Å². The Labute approximate surface area is 300 Å². The molecule has 0 saturated heterocycles. The predicted molar refractivity (Wildman–Crippen MR) is 206 cm³/mol. The van der Waals surface area contributed by atoms with E-state index in [1.54, 1.807) is 23.5 Å². The van der Waals surface area contributed by atoms with E-state index in [9.17, 15) is 9.59 Å². The molecule has 0 fully saturated rings. The lowest BCUT2D eigenvalue weighted by molar-refractivity contribution is 0.0600. The Kier molecular flexibility index (Phi) is 11.8. The van der Waals surface area contributed by atoms with Crippen LogP contribution >= 0.6 is 11.3 Å². The largest absolute Gasteiger partial charge is 0.491 e. The molecule has 0 aliphatic carbocycles. The van der Waals surface area contributed by atoms with Gasteiger partial charge in [0.15, 0.2) is 0 Å². The first-order valence-electron chi connectivity index (χ1n) is 16.7. The Hall–Kier alpha value is -4.83. The summed E-state index contributed by atoms with van der Waals surface area (Å²) in [5.74, 6) is -0.211. The molecule has 0 saturated carbocycles. The fourth-order valence-electron chi connectivity index (χ4n) is 5.90. The molecule has 5 aromatic rings. The van der Waals surface area contributed by atoms with Crippen molar-refractivity contribution in [1.82, 2.24) is 4.98 Å². The van der Waals surface area contributed by atoms with Crippen molar-refractivity contribution in [2.24, 2.45) is 0 Å². The second-order valence-corrected chi connectivity index (χ2v) is 18.5. The summed E-state index contributed by atoms with van der Waals surface area (Å²) in [6.07, 6.45) is 3.94. The van der Waals surface area contributed by atoms with Gasteiger partial charge in [0.05, 0.1) is 25.0 Å². The molecule has 5 rings (SSSR count). The van der Waals surface area contributed by atoms with Crippen molar-refractivity contribution in [1.29, 1.82) is 0 Å². The third-order valence-corrected chi connectivity index (χ3v) is 14.2. The van der Waals surface area contributed by atoms with Crippen LogP contribution < -0.4 is 20.4 Å². The molecule has 0 bridgehead atoms. The number of esters is 1. The standard InChI is InChI=1S/C41H44N2O5SSi/c1-29(2)37-28-49-38(43-37)21-20-30-14-13-15-33(24-30)42-39(44)31-25-32(40(45)46-6)27-34(26-31)47-22-23-48-50(41(3,4)5,35-16-9-7-10-17-35)36-18-11-8-12-19-36/h7-21,24-29H,22-23H2,1-6H3,(H,42,44). The molecule has 9 heteroatoms. The number of aromatic nitrogens is 1. The molecule has 258 valence electrons. The first-order valence-corrected chi connectivity index (χ1v) is 19.4. The van der Waals surface area contributed by atoms with Crippen molar-refractivity contribution in [2.45, 2.75) is 45.6 Å². The summed E-state index contributed by atoms with van der Waals surface area (Å²) in [6, 6.07) is 33.1. The average Bonchev–Trinajstić information content (AvgIpc) is 3.60. The molecule has 0 aliphatic heterocycles. The van der Waals surface area contributed by atoms with Gasteiger partial charge in [0, 0.05) is 16.6 Å². The van der Waals surface area contributed by atoms with Crippen LogP contribution in [0.4, 0.5) is 5.69 Å². The third kappa shape index (κ3) is 8.66. The Morgan fingerprint density at radius 1 is 0.840 bits per heavy atom. The number of thiazole rings is 1. The lowest BCUT2D eigenvalue weighted by Crippen LogP contribution is -2.66. The van der Waals surface area contributed by atoms with Crippen LogP contribution in [0.5, 0.6) is 5.75 Å². The van der Waals surface area contributed by atoms with Crippen LogP contribution in [-0.2, 0) is 9.16 Å². The predicted octanol–water partition coefficient (Wildman–Crippen LogP) is 8.43. The summed E-state index contributed by atoms with van der Waals surface area (Å²) in [5.41, 5.74) is 3.07. The molecule has 0 atom stereocenters. The van der Waals surface area contributed by atoms with Crippen LogP contribution in [0.3, 0.4) is 0 Å². The number of rotatable bonds is 13. The highest BCUT2D eigenvalue weighted by molar-refractivity contribution is 7.10. The van der Waals surface area contributed by atoms with Crippen LogP contribution in [0.15, 0.2) is 109 Å². The van der Waals surface area contributed by atoms with Gasteiger partial charge in [0.2, 0.25) is 0 Å². The molecule has 1 N–H and O–H groups in total. The maximum atomic E-state index is 13.5. The summed E-state index contributed by atoms with van der Waals surface area (Å²) in [5, 5.41) is 8.12. The average molecular weight is 705 g/mol. The Morgan fingerprint density at radius 2 is 1.50 bits per heavy atom. The van der Waals surface area contributed by atoms with Gasteiger partial charge in [-0.15, -0.1) is 11.3 Å². The summed E-state index contributed by atoms with van der Waals surface area (Å²) in [7, 11) is -1.45. The van der Waals surface area contributed by atoms with Gasteiger partial charge in [0.25, 0.3) is 14.2 Å². The number of nitrogens with one attached hydrogen (secondary N) is 1. The SMILES string of the molecule is COC(=O)c1cc(OCCO[Si](c2ccccc2)(c2ccccc2)C(C)(C)C)cc(C(=O)Nc2cccc(C=Cc3nc(C(C)C)cs3)c2)c1. The lowest BCUT2D eigenvalue weighted by Gasteiger charge is -2.43. The molecule has 7 nitrogen and oxygen atoms in total. The first-order chi connectivity index (χ1) is 24.0. The van der Waals surface area contributed by atoms with Gasteiger partial charge < -0.3 is 19.2 Å². The number of carbonyl (C=O) groups is 2. The zero-order chi connectivity index (χ0) is 35.7. The van der Waals surface area contributed by atoms with Gasteiger partial charge in [-0.2, -0.15) is 0 Å². The van der Waals surface area contributed by atoms with E-state index in [1.165, 1.54) is 23.5 Å². The third-order valence-electron chi connectivity index (χ3n) is 8.37. The molecular weight excluding hydrogens is 661 g/mol. The highest BCUT2D eigenvalue weighted by Gasteiger charge is 2.50. The Bertz CT molecular complexity index is 1890. The highest BCUT2D eigenvalue weighted by atomic mass is 32.1. The topological polar surface area (TPSA) is 86.8 Å². The Balaban J connectivity index is 1.32. The zero-order valence-electron chi connectivity index (χ0n) is 29.4. The van der Waals surface area contributed by atoms with Crippen LogP contribution in [0, 0.1) is 0 Å². The number of nitrogens with zero attached hydrogens (tertiary/aromatic N) is 1. The number of benzene rings is 4. The number of anilines is 1. The molecule has 0 aliphatic rings. The second-order valence-electron chi connectivity index (χ2n) is 13.3. The van der Waals surface area contributed by atoms with Crippen molar-refractivity contribution in [3.63, 3.8) is 0 Å². The maximum Gasteiger partial charge on any atom is 0.338 e. The Morgan fingerprint density at radius 3 is 2.10 bits per heavy atom. The molecular formula is C41H44N2O5SSi.